The van der Waals surface area contributed by atoms with E-state index >= 15 is 0 Å². The van der Waals surface area contributed by atoms with Gasteiger partial charge in [0.1, 0.15) is 6.10 Å². The highest BCUT2D eigenvalue weighted by molar-refractivity contribution is 14.0. The summed E-state index contributed by atoms with van der Waals surface area (Å²) in [5.74, 6) is 1.65. The highest BCUT2D eigenvalue weighted by Gasteiger charge is 2.31. The maximum atomic E-state index is 12.5. The molecule has 168 valence electrons. The van der Waals surface area contributed by atoms with Crippen LogP contribution >= 0.6 is 24.0 Å². The summed E-state index contributed by atoms with van der Waals surface area (Å²) >= 11 is 0. The number of hydrogen-bond acceptors (Lipinski definition) is 5. The molecule has 9 heteroatoms. The van der Waals surface area contributed by atoms with E-state index in [9.17, 15) is 4.79 Å². The summed E-state index contributed by atoms with van der Waals surface area (Å²) in [6.07, 6.45) is 1.65. The van der Waals surface area contributed by atoms with Gasteiger partial charge in [0.05, 0.1) is 13.2 Å². The second-order valence-electron chi connectivity index (χ2n) is 8.03. The van der Waals surface area contributed by atoms with E-state index in [-0.39, 0.29) is 36.0 Å². The molecule has 2 unspecified atom stereocenters. The molecule has 0 saturated carbocycles. The van der Waals surface area contributed by atoms with E-state index < -0.39 is 0 Å². The van der Waals surface area contributed by atoms with Crippen molar-refractivity contribution in [3.05, 3.63) is 0 Å². The Hall–Kier alpha value is -0.650. The molecule has 0 aromatic rings. The first-order chi connectivity index (χ1) is 13.7. The Morgan fingerprint density at radius 1 is 1.10 bits per heavy atom. The van der Waals surface area contributed by atoms with Gasteiger partial charge in [-0.15, -0.1) is 24.0 Å². The summed E-state index contributed by atoms with van der Waals surface area (Å²) in [4.78, 5) is 24.1. The number of amides is 1. The molecule has 0 aromatic carbocycles. The van der Waals surface area contributed by atoms with Crippen LogP contribution in [0, 0.1) is 5.92 Å². The second-order valence-corrected chi connectivity index (χ2v) is 8.03. The van der Waals surface area contributed by atoms with Gasteiger partial charge in [0.15, 0.2) is 5.96 Å². The number of halogens is 1. The minimum absolute atomic E-state index is 0. The molecule has 3 aliphatic heterocycles. The predicted molar refractivity (Wildman–Crippen MR) is 125 cm³/mol. The molecule has 1 N–H and O–H groups in total. The molecule has 2 atom stereocenters. The smallest absolute Gasteiger partial charge is 0.251 e. The third kappa shape index (κ3) is 7.52. The largest absolute Gasteiger partial charge is 0.379 e. The van der Waals surface area contributed by atoms with E-state index in [1.807, 2.05) is 4.90 Å². The van der Waals surface area contributed by atoms with Crippen LogP contribution < -0.4 is 5.32 Å². The van der Waals surface area contributed by atoms with Gasteiger partial charge in [-0.3, -0.25) is 14.7 Å². The van der Waals surface area contributed by atoms with Crippen LogP contribution in [0.3, 0.4) is 0 Å². The van der Waals surface area contributed by atoms with Crippen molar-refractivity contribution in [3.63, 3.8) is 0 Å². The van der Waals surface area contributed by atoms with E-state index in [2.05, 4.69) is 29.0 Å². The average molecular weight is 523 g/mol. The van der Waals surface area contributed by atoms with Crippen molar-refractivity contribution in [1.29, 1.82) is 0 Å². The number of guanidine groups is 1. The fourth-order valence-corrected chi connectivity index (χ4v) is 4.07. The van der Waals surface area contributed by atoms with Crippen LogP contribution in [-0.2, 0) is 14.3 Å². The molecule has 3 aliphatic rings. The molecule has 0 bridgehead atoms. The van der Waals surface area contributed by atoms with Crippen LogP contribution in [0.25, 0.3) is 0 Å². The molecule has 29 heavy (non-hydrogen) atoms. The number of aliphatic imine (C=N–C) groups is 1. The Kier molecular flexibility index (Phi) is 11.0. The van der Waals surface area contributed by atoms with Gasteiger partial charge in [-0.25, -0.2) is 0 Å². The molecule has 0 aromatic heterocycles. The van der Waals surface area contributed by atoms with Crippen molar-refractivity contribution in [2.45, 2.75) is 32.8 Å². The minimum Gasteiger partial charge on any atom is -0.379 e. The molecule has 3 rings (SSSR count). The van der Waals surface area contributed by atoms with Gasteiger partial charge in [0.2, 0.25) is 0 Å². The predicted octanol–water partition coefficient (Wildman–Crippen LogP) is 0.861. The number of rotatable bonds is 6. The van der Waals surface area contributed by atoms with E-state index in [1.54, 1.807) is 0 Å². The fourth-order valence-electron chi connectivity index (χ4n) is 4.07. The number of carbonyl (C=O) groups is 1. The Morgan fingerprint density at radius 3 is 2.41 bits per heavy atom. The standard InChI is InChI=1S/C20H37N5O3.HI/c1-3-21-20(22-15-17(2)16-23-10-13-27-14-11-23)25-8-6-24(7-9-25)19(26)18-5-4-12-28-18;/h17-18H,3-16H2,1-2H3,(H,21,22);1H. The summed E-state index contributed by atoms with van der Waals surface area (Å²) in [5, 5.41) is 3.42. The second kappa shape index (κ2) is 12.9. The van der Waals surface area contributed by atoms with Crippen LogP contribution in [0.4, 0.5) is 0 Å². The Bertz CT molecular complexity index is 516. The summed E-state index contributed by atoms with van der Waals surface area (Å²) in [7, 11) is 0. The zero-order valence-corrected chi connectivity index (χ0v) is 20.3. The normalized spacial score (nSPS) is 24.9. The molecular weight excluding hydrogens is 485 g/mol. The lowest BCUT2D eigenvalue weighted by Crippen LogP contribution is -2.55. The quantitative estimate of drug-likeness (QED) is 0.317. The Morgan fingerprint density at radius 2 is 1.79 bits per heavy atom. The minimum atomic E-state index is -0.213. The van der Waals surface area contributed by atoms with Crippen LogP contribution in [0.15, 0.2) is 4.99 Å². The lowest BCUT2D eigenvalue weighted by atomic mass is 10.1. The maximum Gasteiger partial charge on any atom is 0.251 e. The third-order valence-corrected chi connectivity index (χ3v) is 5.66. The lowest BCUT2D eigenvalue weighted by molar-refractivity contribution is -0.142. The number of nitrogens with one attached hydrogen (secondary N) is 1. The lowest BCUT2D eigenvalue weighted by Gasteiger charge is -2.37. The third-order valence-electron chi connectivity index (χ3n) is 5.66. The molecule has 0 spiro atoms. The van der Waals surface area contributed by atoms with Gasteiger partial charge in [-0.05, 0) is 25.7 Å². The van der Waals surface area contributed by atoms with Crippen molar-refractivity contribution in [2.75, 3.05) is 78.7 Å². The number of piperazine rings is 1. The zero-order chi connectivity index (χ0) is 19.8. The van der Waals surface area contributed by atoms with Gasteiger partial charge in [0.25, 0.3) is 5.91 Å². The molecule has 3 heterocycles. The summed E-state index contributed by atoms with van der Waals surface area (Å²) in [6, 6.07) is 0. The number of nitrogens with zero attached hydrogens (tertiary/aromatic N) is 4. The maximum absolute atomic E-state index is 12.5. The first kappa shape index (κ1) is 24.6. The van der Waals surface area contributed by atoms with Crippen molar-refractivity contribution >= 4 is 35.8 Å². The van der Waals surface area contributed by atoms with Crippen LogP contribution in [0.5, 0.6) is 0 Å². The zero-order valence-electron chi connectivity index (χ0n) is 18.0. The molecule has 0 radical (unpaired) electrons. The molecule has 3 fully saturated rings. The molecule has 3 saturated heterocycles. The Balaban J connectivity index is 0.00000300. The number of ether oxygens (including phenoxy) is 2. The topological polar surface area (TPSA) is 69.6 Å². The number of morpholine rings is 1. The molecule has 1 amide bonds. The van der Waals surface area contributed by atoms with Crippen molar-refractivity contribution in [3.8, 4) is 0 Å². The van der Waals surface area contributed by atoms with Crippen LogP contribution in [0.2, 0.25) is 0 Å². The first-order valence-corrected chi connectivity index (χ1v) is 10.9. The molecule has 0 aliphatic carbocycles. The molecule has 8 nitrogen and oxygen atoms in total. The van der Waals surface area contributed by atoms with Crippen molar-refractivity contribution in [2.24, 2.45) is 10.9 Å². The van der Waals surface area contributed by atoms with E-state index in [0.29, 0.717) is 5.92 Å². The SMILES string of the molecule is CCNC(=NCC(C)CN1CCOCC1)N1CCN(C(=O)C2CCCO2)CC1.I. The van der Waals surface area contributed by atoms with Gasteiger partial charge in [-0.2, -0.15) is 0 Å². The van der Waals surface area contributed by atoms with E-state index in [0.717, 1.165) is 97.5 Å². The number of carbonyl (C=O) groups excluding carboxylic acids is 1. The van der Waals surface area contributed by atoms with Crippen molar-refractivity contribution in [1.82, 2.24) is 20.0 Å². The van der Waals surface area contributed by atoms with Crippen molar-refractivity contribution < 1.29 is 14.3 Å². The summed E-state index contributed by atoms with van der Waals surface area (Å²) in [5.41, 5.74) is 0. The van der Waals surface area contributed by atoms with Gasteiger partial charge in [0, 0.05) is 65.5 Å². The Labute approximate surface area is 192 Å². The van der Waals surface area contributed by atoms with Gasteiger partial charge in [-0.1, -0.05) is 6.92 Å². The monoisotopic (exact) mass is 523 g/mol. The van der Waals surface area contributed by atoms with E-state index in [4.69, 9.17) is 14.5 Å². The fraction of sp³-hybridized carbons (Fsp3) is 0.900. The highest BCUT2D eigenvalue weighted by Crippen LogP contribution is 2.16. The summed E-state index contributed by atoms with van der Waals surface area (Å²) < 4.78 is 11.0. The summed E-state index contributed by atoms with van der Waals surface area (Å²) in [6.45, 7) is 14.7. The van der Waals surface area contributed by atoms with Crippen LogP contribution in [0.1, 0.15) is 26.7 Å². The van der Waals surface area contributed by atoms with Gasteiger partial charge >= 0.3 is 0 Å². The molecular formula is C20H38IN5O3. The number of hydrogen-bond donors (Lipinski definition) is 1. The average Bonchev–Trinajstić information content (AvgIpc) is 3.26. The van der Waals surface area contributed by atoms with Gasteiger partial charge < -0.3 is 24.6 Å². The van der Waals surface area contributed by atoms with Crippen LogP contribution in [-0.4, -0.2) is 111 Å². The van der Waals surface area contributed by atoms with E-state index in [1.165, 1.54) is 0 Å². The first-order valence-electron chi connectivity index (χ1n) is 10.9. The highest BCUT2D eigenvalue weighted by atomic mass is 127.